The van der Waals surface area contributed by atoms with Crippen molar-refractivity contribution >= 4 is 55.8 Å². The van der Waals surface area contributed by atoms with E-state index in [2.05, 4.69) is 16.4 Å². The van der Waals surface area contributed by atoms with Gasteiger partial charge < -0.3 is 5.32 Å². The Labute approximate surface area is 173 Å². The molecule has 0 spiro atoms. The lowest BCUT2D eigenvalue weighted by Crippen LogP contribution is -2.13. The summed E-state index contributed by atoms with van der Waals surface area (Å²) in [5, 5.41) is 10.6. The quantitative estimate of drug-likeness (QED) is 0.367. The summed E-state index contributed by atoms with van der Waals surface area (Å²) < 4.78 is 1.12. The van der Waals surface area contributed by atoms with Crippen LogP contribution in [-0.2, 0) is 0 Å². The van der Waals surface area contributed by atoms with Crippen molar-refractivity contribution < 1.29 is 4.79 Å². The molecule has 136 valence electrons. The molecule has 0 radical (unpaired) electrons. The molecule has 0 aliphatic heterocycles. The first-order chi connectivity index (χ1) is 13.8. The van der Waals surface area contributed by atoms with Crippen LogP contribution in [0.25, 0.3) is 31.4 Å². The van der Waals surface area contributed by atoms with Crippen LogP contribution in [-0.4, -0.2) is 15.9 Å². The van der Waals surface area contributed by atoms with Crippen molar-refractivity contribution in [2.75, 3.05) is 5.32 Å². The van der Waals surface area contributed by atoms with Gasteiger partial charge in [-0.05, 0) is 35.7 Å². The SMILES string of the molecule is O=C(Nc1ccccc1-c1nc2ccccc2s1)c1csc(-c2ccsc2)n1. The predicted octanol–water partition coefficient (Wildman–Crippen LogP) is 6.40. The van der Waals surface area contributed by atoms with Crippen molar-refractivity contribution in [3.05, 3.63) is 76.4 Å². The van der Waals surface area contributed by atoms with Crippen LogP contribution in [0, 0.1) is 0 Å². The second-order valence-electron chi connectivity index (χ2n) is 6.04. The summed E-state index contributed by atoms with van der Waals surface area (Å²) in [7, 11) is 0. The Morgan fingerprint density at radius 2 is 1.75 bits per heavy atom. The van der Waals surface area contributed by atoms with Gasteiger partial charge in [-0.15, -0.1) is 22.7 Å². The number of benzene rings is 2. The largest absolute Gasteiger partial charge is 0.320 e. The Hall–Kier alpha value is -2.87. The number of carbonyl (C=O) groups is 1. The van der Waals surface area contributed by atoms with Crippen molar-refractivity contribution in [3.63, 3.8) is 0 Å². The Bertz CT molecular complexity index is 1240. The fraction of sp³-hybridized carbons (Fsp3) is 0. The summed E-state index contributed by atoms with van der Waals surface area (Å²) in [5.74, 6) is -0.216. The van der Waals surface area contributed by atoms with Gasteiger partial charge in [0.1, 0.15) is 15.7 Å². The van der Waals surface area contributed by atoms with Crippen LogP contribution < -0.4 is 5.32 Å². The highest BCUT2D eigenvalue weighted by Crippen LogP contribution is 2.34. The Balaban J connectivity index is 1.45. The van der Waals surface area contributed by atoms with E-state index in [1.807, 2.05) is 59.3 Å². The van der Waals surface area contributed by atoms with E-state index in [4.69, 9.17) is 4.98 Å². The molecule has 28 heavy (non-hydrogen) atoms. The van der Waals surface area contributed by atoms with Gasteiger partial charge in [-0.3, -0.25) is 4.79 Å². The maximum absolute atomic E-state index is 12.8. The molecule has 0 aliphatic rings. The van der Waals surface area contributed by atoms with Crippen LogP contribution in [0.5, 0.6) is 0 Å². The number of amides is 1. The van der Waals surface area contributed by atoms with Gasteiger partial charge in [-0.25, -0.2) is 9.97 Å². The number of anilines is 1. The number of hydrogen-bond acceptors (Lipinski definition) is 6. The van der Waals surface area contributed by atoms with Crippen LogP contribution >= 0.6 is 34.0 Å². The lowest BCUT2D eigenvalue weighted by atomic mass is 10.2. The van der Waals surface area contributed by atoms with Gasteiger partial charge in [-0.2, -0.15) is 11.3 Å². The summed E-state index contributed by atoms with van der Waals surface area (Å²) in [5.41, 5.74) is 4.07. The van der Waals surface area contributed by atoms with Gasteiger partial charge in [0.25, 0.3) is 5.91 Å². The number of rotatable bonds is 4. The zero-order chi connectivity index (χ0) is 18.9. The first-order valence-electron chi connectivity index (χ1n) is 8.52. The molecule has 0 saturated heterocycles. The van der Waals surface area contributed by atoms with E-state index in [9.17, 15) is 4.79 Å². The number of nitrogens with one attached hydrogen (secondary N) is 1. The monoisotopic (exact) mass is 419 g/mol. The van der Waals surface area contributed by atoms with Gasteiger partial charge in [0.15, 0.2) is 0 Å². The summed E-state index contributed by atoms with van der Waals surface area (Å²) >= 11 is 4.71. The van der Waals surface area contributed by atoms with Gasteiger partial charge in [0.05, 0.1) is 15.9 Å². The third kappa shape index (κ3) is 3.24. The number of fused-ring (bicyclic) bond motifs is 1. The zero-order valence-electron chi connectivity index (χ0n) is 14.5. The van der Waals surface area contributed by atoms with Gasteiger partial charge in [0, 0.05) is 21.9 Å². The van der Waals surface area contributed by atoms with Gasteiger partial charge >= 0.3 is 0 Å². The van der Waals surface area contributed by atoms with Crippen LogP contribution in [0.1, 0.15) is 10.5 Å². The fourth-order valence-electron chi connectivity index (χ4n) is 2.85. The average Bonchev–Trinajstić information content (AvgIpc) is 3.47. The number of nitrogens with zero attached hydrogens (tertiary/aromatic N) is 2. The molecule has 0 unspecified atom stereocenters. The Kier molecular flexibility index (Phi) is 4.48. The standard InChI is InChI=1S/C21H13N3OS3/c25-19(17-12-27-20(24-17)13-9-10-26-11-13)22-15-6-2-1-5-14(15)21-23-16-7-3-4-8-18(16)28-21/h1-12H,(H,22,25). The third-order valence-electron chi connectivity index (χ3n) is 4.20. The zero-order valence-corrected chi connectivity index (χ0v) is 16.9. The molecule has 2 aromatic carbocycles. The first kappa shape index (κ1) is 17.2. The summed E-state index contributed by atoms with van der Waals surface area (Å²) in [4.78, 5) is 22.0. The van der Waals surface area contributed by atoms with Crippen LogP contribution in [0.15, 0.2) is 70.7 Å². The molecule has 7 heteroatoms. The fourth-order valence-corrected chi connectivity index (χ4v) is 5.37. The Morgan fingerprint density at radius 3 is 2.61 bits per heavy atom. The van der Waals surface area contributed by atoms with Crippen LogP contribution in [0.4, 0.5) is 5.69 Å². The number of thiazole rings is 2. The van der Waals surface area contributed by atoms with Crippen LogP contribution in [0.2, 0.25) is 0 Å². The number of hydrogen-bond donors (Lipinski definition) is 1. The molecule has 5 rings (SSSR count). The Morgan fingerprint density at radius 1 is 0.893 bits per heavy atom. The molecule has 5 aromatic rings. The van der Waals surface area contributed by atoms with Crippen molar-refractivity contribution in [2.45, 2.75) is 0 Å². The molecular weight excluding hydrogens is 406 g/mol. The highest BCUT2D eigenvalue weighted by atomic mass is 32.1. The third-order valence-corrected chi connectivity index (χ3v) is 6.85. The molecule has 0 fully saturated rings. The van der Waals surface area contributed by atoms with Gasteiger partial charge in [0.2, 0.25) is 0 Å². The number of para-hydroxylation sites is 2. The molecule has 1 N–H and O–H groups in total. The smallest absolute Gasteiger partial charge is 0.275 e. The lowest BCUT2D eigenvalue weighted by molar-refractivity contribution is 0.102. The molecule has 0 bridgehead atoms. The van der Waals surface area contributed by atoms with Crippen molar-refractivity contribution in [1.82, 2.24) is 9.97 Å². The maximum atomic E-state index is 12.8. The minimum atomic E-state index is -0.216. The van der Waals surface area contributed by atoms with E-state index in [0.29, 0.717) is 5.69 Å². The van der Waals surface area contributed by atoms with E-state index in [1.54, 1.807) is 28.1 Å². The minimum Gasteiger partial charge on any atom is -0.320 e. The normalized spacial score (nSPS) is 11.0. The lowest BCUT2D eigenvalue weighted by Gasteiger charge is -2.08. The predicted molar refractivity (Wildman–Crippen MR) is 118 cm³/mol. The second kappa shape index (κ2) is 7.27. The highest BCUT2D eigenvalue weighted by molar-refractivity contribution is 7.21. The van der Waals surface area contributed by atoms with E-state index in [-0.39, 0.29) is 5.91 Å². The maximum Gasteiger partial charge on any atom is 0.275 e. The average molecular weight is 420 g/mol. The van der Waals surface area contributed by atoms with Gasteiger partial charge in [-0.1, -0.05) is 24.3 Å². The number of aromatic nitrogens is 2. The molecule has 3 aromatic heterocycles. The molecule has 0 atom stereocenters. The van der Waals surface area contributed by atoms with E-state index in [0.717, 1.165) is 37.0 Å². The van der Waals surface area contributed by atoms with Crippen molar-refractivity contribution in [1.29, 1.82) is 0 Å². The number of carbonyl (C=O) groups excluding carboxylic acids is 1. The van der Waals surface area contributed by atoms with Crippen molar-refractivity contribution in [3.8, 4) is 21.1 Å². The molecule has 4 nitrogen and oxygen atoms in total. The minimum absolute atomic E-state index is 0.216. The van der Waals surface area contributed by atoms with E-state index in [1.165, 1.54) is 11.3 Å². The second-order valence-corrected chi connectivity index (χ2v) is 8.71. The molecule has 3 heterocycles. The molecule has 0 saturated carbocycles. The van der Waals surface area contributed by atoms with E-state index >= 15 is 0 Å². The molecule has 0 aliphatic carbocycles. The summed E-state index contributed by atoms with van der Waals surface area (Å²) in [6, 6.07) is 17.8. The topological polar surface area (TPSA) is 54.9 Å². The molecular formula is C21H13N3OS3. The first-order valence-corrected chi connectivity index (χ1v) is 11.2. The van der Waals surface area contributed by atoms with E-state index < -0.39 is 0 Å². The van der Waals surface area contributed by atoms with Crippen molar-refractivity contribution in [2.24, 2.45) is 0 Å². The summed E-state index contributed by atoms with van der Waals surface area (Å²) in [6.07, 6.45) is 0. The number of thiophene rings is 1. The summed E-state index contributed by atoms with van der Waals surface area (Å²) in [6.45, 7) is 0. The van der Waals surface area contributed by atoms with Crippen LogP contribution in [0.3, 0.4) is 0 Å². The highest BCUT2D eigenvalue weighted by Gasteiger charge is 2.16. The molecule has 1 amide bonds.